The van der Waals surface area contributed by atoms with Gasteiger partial charge in [0, 0.05) is 19.4 Å². The van der Waals surface area contributed by atoms with Gasteiger partial charge in [-0.3, -0.25) is 0 Å². The molecule has 3 aliphatic rings. The summed E-state index contributed by atoms with van der Waals surface area (Å²) < 4.78 is 27.1. The van der Waals surface area contributed by atoms with E-state index in [1.165, 1.54) is 0 Å². The molecule has 0 spiro atoms. The fourth-order valence-corrected chi connectivity index (χ4v) is 6.09. The molecule has 8 unspecified atom stereocenters. The zero-order chi connectivity index (χ0) is 25.5. The van der Waals surface area contributed by atoms with Gasteiger partial charge in [0.05, 0.1) is 29.5 Å². The molecule has 2 saturated heterocycles. The van der Waals surface area contributed by atoms with Gasteiger partial charge in [-0.1, -0.05) is 83.9 Å². The van der Waals surface area contributed by atoms with Gasteiger partial charge in [0.15, 0.2) is 0 Å². The van der Waals surface area contributed by atoms with Crippen molar-refractivity contribution in [2.75, 3.05) is 6.61 Å². The minimum absolute atomic E-state index is 0.0538. The largest absolute Gasteiger partial charge is 0.383 e. The third-order valence-electron chi connectivity index (χ3n) is 8.44. The Morgan fingerprint density at radius 3 is 2.46 bits per heavy atom. The minimum atomic E-state index is -1.06. The van der Waals surface area contributed by atoms with Gasteiger partial charge in [-0.15, -0.1) is 0 Å². The molecule has 2 fully saturated rings. The molecule has 8 atom stereocenters. The molecule has 35 heavy (non-hydrogen) atoms. The summed E-state index contributed by atoms with van der Waals surface area (Å²) in [6.07, 6.45) is 19.2. The van der Waals surface area contributed by atoms with E-state index in [0.29, 0.717) is 6.42 Å². The molecular formula is C30H50O5. The van der Waals surface area contributed by atoms with Crippen LogP contribution in [0.5, 0.6) is 0 Å². The highest BCUT2D eigenvalue weighted by atomic mass is 16.6. The van der Waals surface area contributed by atoms with Crippen molar-refractivity contribution in [3.05, 3.63) is 36.5 Å². The Morgan fingerprint density at radius 1 is 1.03 bits per heavy atom. The van der Waals surface area contributed by atoms with Crippen molar-refractivity contribution >= 4 is 0 Å². The fraction of sp³-hybridized carbons (Fsp3) is 0.800. The molecule has 0 saturated carbocycles. The third-order valence-corrected chi connectivity index (χ3v) is 8.44. The summed E-state index contributed by atoms with van der Waals surface area (Å²) in [5.74, 6) is 0. The molecule has 1 N–H and O–H groups in total. The summed E-state index contributed by atoms with van der Waals surface area (Å²) in [7, 11) is 0. The van der Waals surface area contributed by atoms with Crippen molar-refractivity contribution in [1.82, 2.24) is 0 Å². The topological polar surface area (TPSA) is 57.2 Å². The lowest BCUT2D eigenvalue weighted by atomic mass is 9.70. The van der Waals surface area contributed by atoms with Crippen molar-refractivity contribution < 1.29 is 24.1 Å². The van der Waals surface area contributed by atoms with Crippen molar-refractivity contribution in [2.24, 2.45) is 0 Å². The Kier molecular flexibility index (Phi) is 10.2. The van der Waals surface area contributed by atoms with Gasteiger partial charge in [0.2, 0.25) is 0 Å². The average Bonchev–Trinajstić information content (AvgIpc) is 3.01. The third kappa shape index (κ3) is 5.96. The Hall–Kier alpha value is -0.980. The lowest BCUT2D eigenvalue weighted by molar-refractivity contribution is -0.323. The Morgan fingerprint density at radius 2 is 1.83 bits per heavy atom. The number of hydrogen-bond donors (Lipinski definition) is 1. The van der Waals surface area contributed by atoms with Gasteiger partial charge >= 0.3 is 0 Å². The van der Waals surface area contributed by atoms with Crippen molar-refractivity contribution in [1.29, 1.82) is 0 Å². The molecule has 0 aromatic heterocycles. The lowest BCUT2D eigenvalue weighted by Crippen LogP contribution is -2.68. The summed E-state index contributed by atoms with van der Waals surface area (Å²) >= 11 is 0. The zero-order valence-electron chi connectivity index (χ0n) is 23.0. The molecule has 200 valence electrons. The number of rotatable bonds is 11. The first-order valence-corrected chi connectivity index (χ1v) is 14.2. The quantitative estimate of drug-likeness (QED) is 0.267. The van der Waals surface area contributed by atoms with Crippen LogP contribution >= 0.6 is 0 Å². The maximum Gasteiger partial charge on any atom is 0.112 e. The van der Waals surface area contributed by atoms with Crippen molar-refractivity contribution in [3.8, 4) is 0 Å². The number of hydrogen-bond acceptors (Lipinski definition) is 5. The molecule has 0 aliphatic carbocycles. The second-order valence-electron chi connectivity index (χ2n) is 10.6. The first-order chi connectivity index (χ1) is 16.9. The maximum absolute atomic E-state index is 11.4. The second kappa shape index (κ2) is 12.5. The van der Waals surface area contributed by atoms with Crippen LogP contribution in [0.3, 0.4) is 0 Å². The molecule has 5 heteroatoms. The number of fused-ring (bicyclic) bond motifs is 2. The van der Waals surface area contributed by atoms with Gasteiger partial charge in [-0.05, 0) is 39.0 Å². The molecule has 0 amide bonds. The first kappa shape index (κ1) is 28.6. The van der Waals surface area contributed by atoms with Crippen LogP contribution in [0.1, 0.15) is 99.3 Å². The van der Waals surface area contributed by atoms with E-state index in [0.717, 1.165) is 58.0 Å². The summed E-state index contributed by atoms with van der Waals surface area (Å²) in [5, 5.41) is 11.4. The predicted molar refractivity (Wildman–Crippen MR) is 142 cm³/mol. The van der Waals surface area contributed by atoms with Crippen LogP contribution in [0.2, 0.25) is 0 Å². The van der Waals surface area contributed by atoms with E-state index in [4.69, 9.17) is 18.9 Å². The van der Waals surface area contributed by atoms with Crippen molar-refractivity contribution in [2.45, 2.75) is 147 Å². The standard InChI is InChI=1S/C30H50O5/c1-7-13-15-17-25-28(31,10-4)19-18-23-24(33-25)21-27-30(12-6,35-23)22-29(11-5,32-20-9-3)26(34-27)16-14-8-2/h7,13,15,17-19,23-27,31H,8-12,14,16,20-22H2,1-6H3. The van der Waals surface area contributed by atoms with Gasteiger partial charge in [0.25, 0.3) is 0 Å². The van der Waals surface area contributed by atoms with Gasteiger partial charge in [-0.25, -0.2) is 0 Å². The molecule has 5 nitrogen and oxygen atoms in total. The number of unbranched alkanes of at least 4 members (excludes halogenated alkanes) is 1. The summed E-state index contributed by atoms with van der Waals surface area (Å²) in [6, 6.07) is 0. The second-order valence-corrected chi connectivity index (χ2v) is 10.6. The molecular weight excluding hydrogens is 440 g/mol. The van der Waals surface area contributed by atoms with E-state index >= 15 is 0 Å². The van der Waals surface area contributed by atoms with E-state index < -0.39 is 17.3 Å². The zero-order valence-corrected chi connectivity index (χ0v) is 23.0. The summed E-state index contributed by atoms with van der Waals surface area (Å²) in [6.45, 7) is 13.5. The van der Waals surface area contributed by atoms with Crippen molar-refractivity contribution in [3.63, 3.8) is 0 Å². The summed E-state index contributed by atoms with van der Waals surface area (Å²) in [4.78, 5) is 0. The van der Waals surface area contributed by atoms with Crippen LogP contribution in [-0.4, -0.2) is 59.0 Å². The molecule has 3 rings (SSSR count). The van der Waals surface area contributed by atoms with Gasteiger partial charge in [-0.2, -0.15) is 0 Å². The normalized spacial score (nSPS) is 41.7. The van der Waals surface area contributed by atoms with Crippen LogP contribution in [0.25, 0.3) is 0 Å². The van der Waals surface area contributed by atoms with E-state index in [2.05, 4.69) is 27.7 Å². The van der Waals surface area contributed by atoms with Crippen LogP contribution in [0.15, 0.2) is 36.5 Å². The van der Waals surface area contributed by atoms with Gasteiger partial charge in [0.1, 0.15) is 17.8 Å². The molecule has 3 aliphatic heterocycles. The smallest absolute Gasteiger partial charge is 0.112 e. The maximum atomic E-state index is 11.4. The first-order valence-electron chi connectivity index (χ1n) is 14.2. The predicted octanol–water partition coefficient (Wildman–Crippen LogP) is 6.44. The molecule has 0 bridgehead atoms. The lowest BCUT2D eigenvalue weighted by Gasteiger charge is -2.58. The highest BCUT2D eigenvalue weighted by Gasteiger charge is 2.60. The molecule has 3 heterocycles. The number of allylic oxidation sites excluding steroid dienone is 3. The van der Waals surface area contributed by atoms with Crippen LogP contribution in [0, 0.1) is 0 Å². The van der Waals surface area contributed by atoms with Gasteiger partial charge < -0.3 is 24.1 Å². The minimum Gasteiger partial charge on any atom is -0.383 e. The SMILES string of the molecule is CC=CC=CC1OC2CC3OC(CCCC)C(CC)(OCCC)CC3(CC)OC2C=CC1(O)CC. The van der Waals surface area contributed by atoms with E-state index in [1.54, 1.807) is 0 Å². The molecule has 0 aromatic carbocycles. The monoisotopic (exact) mass is 490 g/mol. The van der Waals surface area contributed by atoms with Crippen LogP contribution in [0.4, 0.5) is 0 Å². The number of aliphatic hydroxyl groups is 1. The Labute approximate surface area is 213 Å². The number of ether oxygens (including phenoxy) is 4. The Bertz CT molecular complexity index is 747. The van der Waals surface area contributed by atoms with E-state index in [1.807, 2.05) is 50.3 Å². The van der Waals surface area contributed by atoms with E-state index in [9.17, 15) is 5.11 Å². The average molecular weight is 491 g/mol. The van der Waals surface area contributed by atoms with Crippen LogP contribution in [-0.2, 0) is 18.9 Å². The Balaban J connectivity index is 1.93. The van der Waals surface area contributed by atoms with E-state index in [-0.39, 0.29) is 30.0 Å². The van der Waals surface area contributed by atoms with Crippen LogP contribution < -0.4 is 0 Å². The molecule has 0 aromatic rings. The molecule has 0 radical (unpaired) electrons. The fourth-order valence-electron chi connectivity index (χ4n) is 6.09. The highest BCUT2D eigenvalue weighted by molar-refractivity contribution is 5.20. The highest BCUT2D eigenvalue weighted by Crippen LogP contribution is 2.51. The summed E-state index contributed by atoms with van der Waals surface area (Å²) in [5.41, 5.74) is -1.82.